The molecule has 2 N–H and O–H groups in total. The summed E-state index contributed by atoms with van der Waals surface area (Å²) in [5.74, 6) is 0.720. The highest BCUT2D eigenvalue weighted by Gasteiger charge is 2.20. The third kappa shape index (κ3) is 4.40. The minimum Gasteiger partial charge on any atom is -0.396 e. The number of rotatable bonds is 7. The molecule has 3 nitrogen and oxygen atoms in total. The summed E-state index contributed by atoms with van der Waals surface area (Å²) in [4.78, 5) is 2.48. The number of unbranched alkanes of at least 4 members (excludes halogenated alkanes) is 2. The van der Waals surface area contributed by atoms with Crippen molar-refractivity contribution in [3.8, 4) is 0 Å². The Labute approximate surface area is 86.7 Å². The summed E-state index contributed by atoms with van der Waals surface area (Å²) < 4.78 is 0. The van der Waals surface area contributed by atoms with Crippen molar-refractivity contribution in [1.29, 1.82) is 0 Å². The summed E-state index contributed by atoms with van der Waals surface area (Å²) in [6.45, 7) is 4.20. The first kappa shape index (κ1) is 12.0. The van der Waals surface area contributed by atoms with Crippen LogP contribution < -0.4 is 0 Å². The summed E-state index contributed by atoms with van der Waals surface area (Å²) >= 11 is 0. The van der Waals surface area contributed by atoms with Crippen molar-refractivity contribution in [2.24, 2.45) is 5.92 Å². The van der Waals surface area contributed by atoms with Gasteiger partial charge in [0.25, 0.3) is 0 Å². The van der Waals surface area contributed by atoms with Crippen molar-refractivity contribution in [1.82, 2.24) is 4.90 Å². The maximum atomic E-state index is 8.81. The summed E-state index contributed by atoms with van der Waals surface area (Å²) in [6.07, 6.45) is 5.49. The Bertz CT molecular complexity index is 141. The molecule has 1 atom stereocenters. The summed E-state index contributed by atoms with van der Waals surface area (Å²) in [7, 11) is 0. The highest BCUT2D eigenvalue weighted by atomic mass is 16.3. The zero-order valence-electron chi connectivity index (χ0n) is 8.99. The molecule has 0 spiro atoms. The zero-order valence-corrected chi connectivity index (χ0v) is 8.99. The van der Waals surface area contributed by atoms with Crippen LogP contribution in [0.25, 0.3) is 0 Å². The fourth-order valence-corrected chi connectivity index (χ4v) is 2.16. The van der Waals surface area contributed by atoms with Crippen molar-refractivity contribution in [2.45, 2.75) is 32.1 Å². The Morgan fingerprint density at radius 3 is 2.64 bits per heavy atom. The van der Waals surface area contributed by atoms with Crippen LogP contribution in [-0.2, 0) is 0 Å². The minimum absolute atomic E-state index is 0.327. The van der Waals surface area contributed by atoms with Crippen molar-refractivity contribution in [2.75, 3.05) is 32.8 Å². The molecule has 0 aromatic heterocycles. The minimum atomic E-state index is 0.327. The molecule has 1 aliphatic heterocycles. The summed E-state index contributed by atoms with van der Waals surface area (Å²) in [5.41, 5.74) is 0. The van der Waals surface area contributed by atoms with Crippen LogP contribution in [0.4, 0.5) is 0 Å². The molecule has 14 heavy (non-hydrogen) atoms. The van der Waals surface area contributed by atoms with Gasteiger partial charge in [-0.05, 0) is 51.1 Å². The second kappa shape index (κ2) is 7.21. The van der Waals surface area contributed by atoms with E-state index in [1.807, 2.05) is 0 Å². The van der Waals surface area contributed by atoms with E-state index in [1.165, 1.54) is 32.5 Å². The maximum absolute atomic E-state index is 8.81. The number of aliphatic hydroxyl groups is 2. The highest BCUT2D eigenvalue weighted by molar-refractivity contribution is 4.74. The van der Waals surface area contributed by atoms with Gasteiger partial charge in [-0.25, -0.2) is 0 Å². The fourth-order valence-electron chi connectivity index (χ4n) is 2.16. The molecule has 0 aromatic carbocycles. The Balaban J connectivity index is 1.98. The van der Waals surface area contributed by atoms with E-state index in [4.69, 9.17) is 10.2 Å². The van der Waals surface area contributed by atoms with Gasteiger partial charge in [0.1, 0.15) is 0 Å². The second-order valence-electron chi connectivity index (χ2n) is 4.25. The molecule has 1 saturated heterocycles. The lowest BCUT2D eigenvalue weighted by atomic mass is 10.1. The Morgan fingerprint density at radius 2 is 1.93 bits per heavy atom. The molecular weight excluding hydrogens is 178 g/mol. The van der Waals surface area contributed by atoms with E-state index in [0.29, 0.717) is 13.2 Å². The largest absolute Gasteiger partial charge is 0.396 e. The third-order valence-corrected chi connectivity index (χ3v) is 3.04. The van der Waals surface area contributed by atoms with Crippen LogP contribution in [0.2, 0.25) is 0 Å². The van der Waals surface area contributed by atoms with E-state index >= 15 is 0 Å². The van der Waals surface area contributed by atoms with Gasteiger partial charge < -0.3 is 15.1 Å². The third-order valence-electron chi connectivity index (χ3n) is 3.04. The SMILES string of the molecule is OCCCCCN1CCC(CCO)C1. The lowest BCUT2D eigenvalue weighted by Gasteiger charge is -2.15. The normalized spacial score (nSPS) is 23.1. The van der Waals surface area contributed by atoms with Crippen molar-refractivity contribution in [3.63, 3.8) is 0 Å². The summed E-state index contributed by atoms with van der Waals surface area (Å²) in [6, 6.07) is 0. The molecule has 3 heteroatoms. The number of hydrogen-bond donors (Lipinski definition) is 2. The lowest BCUT2D eigenvalue weighted by Crippen LogP contribution is -2.22. The van der Waals surface area contributed by atoms with Crippen LogP contribution in [0.3, 0.4) is 0 Å². The molecule has 84 valence electrons. The van der Waals surface area contributed by atoms with E-state index in [0.717, 1.165) is 25.2 Å². The van der Waals surface area contributed by atoms with Crippen LogP contribution in [-0.4, -0.2) is 48.0 Å². The van der Waals surface area contributed by atoms with Gasteiger partial charge in [0.15, 0.2) is 0 Å². The smallest absolute Gasteiger partial charge is 0.0434 e. The molecule has 0 aromatic rings. The van der Waals surface area contributed by atoms with Crippen molar-refractivity contribution < 1.29 is 10.2 Å². The second-order valence-corrected chi connectivity index (χ2v) is 4.25. The van der Waals surface area contributed by atoms with Gasteiger partial charge in [0.05, 0.1) is 0 Å². The molecule has 0 bridgehead atoms. The predicted octanol–water partition coefficient (Wildman–Crippen LogP) is 0.853. The van der Waals surface area contributed by atoms with Gasteiger partial charge in [0, 0.05) is 19.8 Å². The van der Waals surface area contributed by atoms with Crippen molar-refractivity contribution >= 4 is 0 Å². The van der Waals surface area contributed by atoms with E-state index in [1.54, 1.807) is 0 Å². The first-order valence-corrected chi connectivity index (χ1v) is 5.81. The maximum Gasteiger partial charge on any atom is 0.0434 e. The summed E-state index contributed by atoms with van der Waals surface area (Å²) in [5, 5.41) is 17.4. The number of aliphatic hydroxyl groups excluding tert-OH is 2. The molecule has 0 saturated carbocycles. The van der Waals surface area contributed by atoms with Gasteiger partial charge in [-0.1, -0.05) is 0 Å². The molecule has 1 unspecified atom stereocenters. The topological polar surface area (TPSA) is 43.7 Å². The van der Waals surface area contributed by atoms with Crippen LogP contribution in [0.5, 0.6) is 0 Å². The number of likely N-dealkylation sites (tertiary alicyclic amines) is 1. The zero-order chi connectivity index (χ0) is 10.2. The van der Waals surface area contributed by atoms with E-state index in [2.05, 4.69) is 4.90 Å². The fraction of sp³-hybridized carbons (Fsp3) is 1.00. The van der Waals surface area contributed by atoms with Gasteiger partial charge in [-0.3, -0.25) is 0 Å². The molecular formula is C11H23NO2. The standard InChI is InChI=1S/C11H23NO2/c13-8-3-1-2-6-12-7-4-11(10-12)5-9-14/h11,13-14H,1-10H2. The molecule has 1 rings (SSSR count). The van der Waals surface area contributed by atoms with Crippen molar-refractivity contribution in [3.05, 3.63) is 0 Å². The van der Waals surface area contributed by atoms with Crippen LogP contribution in [0.1, 0.15) is 32.1 Å². The first-order valence-electron chi connectivity index (χ1n) is 5.81. The first-order chi connectivity index (χ1) is 6.86. The molecule has 1 aliphatic rings. The van der Waals surface area contributed by atoms with Gasteiger partial charge in [0.2, 0.25) is 0 Å². The van der Waals surface area contributed by atoms with Crippen LogP contribution in [0, 0.1) is 5.92 Å². The lowest BCUT2D eigenvalue weighted by molar-refractivity contribution is 0.247. The number of hydrogen-bond acceptors (Lipinski definition) is 3. The Hall–Kier alpha value is -0.120. The van der Waals surface area contributed by atoms with Crippen LogP contribution >= 0.6 is 0 Å². The predicted molar refractivity (Wildman–Crippen MR) is 57.2 cm³/mol. The molecule has 0 amide bonds. The number of nitrogens with zero attached hydrogens (tertiary/aromatic N) is 1. The Kier molecular flexibility index (Phi) is 6.15. The van der Waals surface area contributed by atoms with E-state index in [-0.39, 0.29) is 0 Å². The van der Waals surface area contributed by atoms with E-state index < -0.39 is 0 Å². The Morgan fingerprint density at radius 1 is 1.07 bits per heavy atom. The quantitative estimate of drug-likeness (QED) is 0.600. The average molecular weight is 201 g/mol. The molecule has 1 heterocycles. The van der Waals surface area contributed by atoms with Gasteiger partial charge >= 0.3 is 0 Å². The molecule has 1 fully saturated rings. The average Bonchev–Trinajstić information content (AvgIpc) is 2.61. The van der Waals surface area contributed by atoms with Gasteiger partial charge in [-0.15, -0.1) is 0 Å². The monoisotopic (exact) mass is 201 g/mol. The van der Waals surface area contributed by atoms with Gasteiger partial charge in [-0.2, -0.15) is 0 Å². The molecule has 0 radical (unpaired) electrons. The molecule has 0 aliphatic carbocycles. The van der Waals surface area contributed by atoms with E-state index in [9.17, 15) is 0 Å². The highest BCUT2D eigenvalue weighted by Crippen LogP contribution is 2.19. The van der Waals surface area contributed by atoms with Crippen LogP contribution in [0.15, 0.2) is 0 Å².